The summed E-state index contributed by atoms with van der Waals surface area (Å²) >= 11 is 6.38. The number of aliphatic hydroxyl groups excluding tert-OH is 4. The van der Waals surface area contributed by atoms with Crippen LogP contribution in [0.1, 0.15) is 29.7 Å². The Morgan fingerprint density at radius 3 is 2.29 bits per heavy atom. The first-order chi connectivity index (χ1) is 13.3. The van der Waals surface area contributed by atoms with Gasteiger partial charge < -0.3 is 25.2 Å². The van der Waals surface area contributed by atoms with Crippen LogP contribution >= 0.6 is 11.6 Å². The standard InChI is InChI=1S/C21H26ClNO5/c1-3-28-15-7-4-12(5-8-15)10-14-11-13(6-9-16(14)22)17-18(24)19(25)20(26)21(27)23(17)2/h4-9,11,17-21,24-27H,3,10H2,1-2H3/t17-,18-,19+,20+,21+/m0/s1. The molecule has 2 aromatic rings. The lowest BCUT2D eigenvalue weighted by molar-refractivity contribution is -0.212. The highest BCUT2D eigenvalue weighted by Gasteiger charge is 2.46. The maximum absolute atomic E-state index is 10.5. The highest BCUT2D eigenvalue weighted by atomic mass is 35.5. The number of ether oxygens (including phenoxy) is 1. The predicted octanol–water partition coefficient (Wildman–Crippen LogP) is 1.72. The lowest BCUT2D eigenvalue weighted by atomic mass is 9.87. The smallest absolute Gasteiger partial charge is 0.136 e. The van der Waals surface area contributed by atoms with Crippen LogP contribution in [0.3, 0.4) is 0 Å². The van der Waals surface area contributed by atoms with Gasteiger partial charge in [0.2, 0.25) is 0 Å². The molecule has 3 rings (SSSR count). The maximum atomic E-state index is 10.5. The molecule has 6 nitrogen and oxygen atoms in total. The molecule has 1 aliphatic heterocycles. The molecule has 0 aromatic heterocycles. The molecule has 0 spiro atoms. The highest BCUT2D eigenvalue weighted by molar-refractivity contribution is 6.31. The van der Waals surface area contributed by atoms with E-state index in [1.54, 1.807) is 19.2 Å². The zero-order chi connectivity index (χ0) is 20.4. The Kier molecular flexibility index (Phi) is 6.60. The Balaban J connectivity index is 1.86. The number of aliphatic hydroxyl groups is 4. The number of hydrogen-bond acceptors (Lipinski definition) is 6. The summed E-state index contributed by atoms with van der Waals surface area (Å²) in [5.41, 5.74) is 2.61. The first-order valence-electron chi connectivity index (χ1n) is 9.27. The third kappa shape index (κ3) is 4.17. The molecule has 1 saturated heterocycles. The van der Waals surface area contributed by atoms with Crippen molar-refractivity contribution in [3.8, 4) is 5.75 Å². The number of hydrogen-bond donors (Lipinski definition) is 4. The zero-order valence-electron chi connectivity index (χ0n) is 15.9. The molecule has 0 radical (unpaired) electrons. The van der Waals surface area contributed by atoms with E-state index in [-0.39, 0.29) is 0 Å². The van der Waals surface area contributed by atoms with Gasteiger partial charge in [-0.1, -0.05) is 35.9 Å². The summed E-state index contributed by atoms with van der Waals surface area (Å²) in [7, 11) is 1.59. The van der Waals surface area contributed by atoms with Crippen molar-refractivity contribution in [2.75, 3.05) is 13.7 Å². The SMILES string of the molecule is CCOc1ccc(Cc2cc([C@H]3[C@H](O)[C@@H](O)[C@@H](O)[C@@H](O)N3C)ccc2Cl)cc1. The molecule has 1 heterocycles. The quantitative estimate of drug-likeness (QED) is 0.603. The van der Waals surface area contributed by atoms with E-state index in [9.17, 15) is 20.4 Å². The third-order valence-corrected chi connectivity index (χ3v) is 5.59. The topological polar surface area (TPSA) is 93.4 Å². The van der Waals surface area contributed by atoms with Crippen molar-refractivity contribution in [3.63, 3.8) is 0 Å². The molecule has 1 aliphatic rings. The van der Waals surface area contributed by atoms with Gasteiger partial charge in [-0.05, 0) is 55.3 Å². The predicted molar refractivity (Wildman–Crippen MR) is 106 cm³/mol. The van der Waals surface area contributed by atoms with Crippen LogP contribution in [0.4, 0.5) is 0 Å². The van der Waals surface area contributed by atoms with Crippen molar-refractivity contribution in [2.45, 2.75) is 43.9 Å². The van der Waals surface area contributed by atoms with Gasteiger partial charge in [-0.25, -0.2) is 0 Å². The molecule has 1 fully saturated rings. The van der Waals surface area contributed by atoms with Crippen molar-refractivity contribution in [3.05, 3.63) is 64.2 Å². The van der Waals surface area contributed by atoms with Gasteiger partial charge in [0.1, 0.15) is 30.3 Å². The van der Waals surface area contributed by atoms with Crippen LogP contribution in [0.5, 0.6) is 5.75 Å². The molecule has 0 amide bonds. The second kappa shape index (κ2) is 8.78. The number of nitrogens with zero attached hydrogens (tertiary/aromatic N) is 1. The second-order valence-corrected chi connectivity index (χ2v) is 7.51. The molecule has 0 saturated carbocycles. The Labute approximate surface area is 169 Å². The largest absolute Gasteiger partial charge is 0.494 e. The van der Waals surface area contributed by atoms with Gasteiger partial charge in [0.25, 0.3) is 0 Å². The third-order valence-electron chi connectivity index (χ3n) is 5.23. The summed E-state index contributed by atoms with van der Waals surface area (Å²) < 4.78 is 5.46. The Morgan fingerprint density at radius 2 is 1.64 bits per heavy atom. The van der Waals surface area contributed by atoms with Crippen LogP contribution in [0.15, 0.2) is 42.5 Å². The van der Waals surface area contributed by atoms with E-state index in [4.69, 9.17) is 16.3 Å². The summed E-state index contributed by atoms with van der Waals surface area (Å²) in [6.45, 7) is 2.54. The number of likely N-dealkylation sites (tertiary alicyclic amines) is 1. The van der Waals surface area contributed by atoms with Crippen molar-refractivity contribution in [1.29, 1.82) is 0 Å². The van der Waals surface area contributed by atoms with Crippen LogP contribution in [0.2, 0.25) is 5.02 Å². The molecule has 152 valence electrons. The number of benzene rings is 2. The molecule has 28 heavy (non-hydrogen) atoms. The molecule has 5 atom stereocenters. The van der Waals surface area contributed by atoms with Gasteiger partial charge in [0, 0.05) is 5.02 Å². The van der Waals surface area contributed by atoms with Gasteiger partial charge in [-0.2, -0.15) is 0 Å². The van der Waals surface area contributed by atoms with Crippen LogP contribution in [0, 0.1) is 0 Å². The van der Waals surface area contributed by atoms with E-state index in [2.05, 4.69) is 0 Å². The fourth-order valence-corrected chi connectivity index (χ4v) is 3.83. The zero-order valence-corrected chi connectivity index (χ0v) is 16.6. The summed E-state index contributed by atoms with van der Waals surface area (Å²) in [5.74, 6) is 0.805. The molecule has 4 N–H and O–H groups in total. The monoisotopic (exact) mass is 407 g/mol. The van der Waals surface area contributed by atoms with Crippen molar-refractivity contribution in [2.24, 2.45) is 0 Å². The molecular formula is C21H26ClNO5. The molecule has 0 aliphatic carbocycles. The summed E-state index contributed by atoms with van der Waals surface area (Å²) in [6, 6.07) is 12.4. The van der Waals surface area contributed by atoms with E-state index in [0.29, 0.717) is 23.6 Å². The van der Waals surface area contributed by atoms with Gasteiger partial charge in [-0.3, -0.25) is 4.90 Å². The summed E-state index contributed by atoms with van der Waals surface area (Å²) in [5, 5.41) is 41.2. The number of likely N-dealkylation sites (N-methyl/N-ethyl adjacent to an activating group) is 1. The van der Waals surface area contributed by atoms with E-state index < -0.39 is 30.6 Å². The van der Waals surface area contributed by atoms with Crippen molar-refractivity contribution < 1.29 is 25.2 Å². The first kappa shape index (κ1) is 21.0. The molecule has 2 aromatic carbocycles. The first-order valence-corrected chi connectivity index (χ1v) is 9.65. The number of rotatable bonds is 5. The van der Waals surface area contributed by atoms with E-state index in [1.807, 2.05) is 37.3 Å². The minimum atomic E-state index is -1.44. The van der Waals surface area contributed by atoms with Gasteiger partial charge in [-0.15, -0.1) is 0 Å². The maximum Gasteiger partial charge on any atom is 0.136 e. The highest BCUT2D eigenvalue weighted by Crippen LogP contribution is 2.35. The Morgan fingerprint density at radius 1 is 0.964 bits per heavy atom. The summed E-state index contributed by atoms with van der Waals surface area (Å²) in [4.78, 5) is 1.45. The normalized spacial score (nSPS) is 28.3. The minimum absolute atomic E-state index is 0.583. The van der Waals surface area contributed by atoms with Crippen LogP contribution in [-0.4, -0.2) is 63.5 Å². The number of piperidine rings is 1. The molecule has 0 unspecified atom stereocenters. The van der Waals surface area contributed by atoms with Gasteiger partial charge in [0.15, 0.2) is 0 Å². The lowest BCUT2D eigenvalue weighted by Crippen LogP contribution is -2.61. The van der Waals surface area contributed by atoms with E-state index in [1.165, 1.54) is 4.90 Å². The average Bonchev–Trinajstić information content (AvgIpc) is 2.69. The number of halogens is 1. The minimum Gasteiger partial charge on any atom is -0.494 e. The van der Waals surface area contributed by atoms with Crippen LogP contribution < -0.4 is 4.74 Å². The van der Waals surface area contributed by atoms with Crippen molar-refractivity contribution >= 4 is 11.6 Å². The Hall–Kier alpha value is -1.67. The van der Waals surface area contributed by atoms with E-state index >= 15 is 0 Å². The second-order valence-electron chi connectivity index (χ2n) is 7.10. The Bertz CT molecular complexity index is 784. The fraction of sp³-hybridized carbons (Fsp3) is 0.429. The molecular weight excluding hydrogens is 382 g/mol. The molecule has 7 heteroatoms. The van der Waals surface area contributed by atoms with Crippen molar-refractivity contribution in [1.82, 2.24) is 4.90 Å². The van der Waals surface area contributed by atoms with Gasteiger partial charge in [0.05, 0.1) is 12.6 Å². The van der Waals surface area contributed by atoms with Crippen LogP contribution in [0.25, 0.3) is 0 Å². The fourth-order valence-electron chi connectivity index (χ4n) is 3.65. The molecule has 0 bridgehead atoms. The van der Waals surface area contributed by atoms with Gasteiger partial charge >= 0.3 is 0 Å². The van der Waals surface area contributed by atoms with E-state index in [0.717, 1.165) is 16.9 Å². The average molecular weight is 408 g/mol. The summed E-state index contributed by atoms with van der Waals surface area (Å²) in [6.07, 6.45) is -4.83. The van der Waals surface area contributed by atoms with Crippen LogP contribution in [-0.2, 0) is 6.42 Å². The lowest BCUT2D eigenvalue weighted by Gasteiger charge is -2.45.